The van der Waals surface area contributed by atoms with Crippen molar-refractivity contribution >= 4 is 11.8 Å². The second kappa shape index (κ2) is 9.28. The van der Waals surface area contributed by atoms with Crippen molar-refractivity contribution in [3.05, 3.63) is 51.2 Å². The highest BCUT2D eigenvalue weighted by Gasteiger charge is 2.19. The molecule has 1 N–H and O–H groups in total. The molecule has 2 aromatic rings. The predicted molar refractivity (Wildman–Crippen MR) is 114 cm³/mol. The molecule has 0 spiro atoms. The van der Waals surface area contributed by atoms with Gasteiger partial charge < -0.3 is 14.8 Å². The van der Waals surface area contributed by atoms with Gasteiger partial charge in [0.2, 0.25) is 5.91 Å². The summed E-state index contributed by atoms with van der Waals surface area (Å²) in [5, 5.41) is 7.43. The highest BCUT2D eigenvalue weighted by Crippen LogP contribution is 2.18. The lowest BCUT2D eigenvalue weighted by atomic mass is 9.95. The Morgan fingerprint density at radius 1 is 1.20 bits per heavy atom. The van der Waals surface area contributed by atoms with Crippen molar-refractivity contribution in [2.75, 3.05) is 7.05 Å². The van der Waals surface area contributed by atoms with Crippen LogP contribution in [0.3, 0.4) is 0 Å². The zero-order chi connectivity index (χ0) is 21.8. The number of hydrogen-bond acceptors (Lipinski definition) is 4. The minimum atomic E-state index is -0.306. The Balaban J connectivity index is 1.67. The molecule has 0 unspecified atom stereocenters. The van der Waals surface area contributed by atoms with Gasteiger partial charge >= 0.3 is 0 Å². The molecule has 0 atom stereocenters. The smallest absolute Gasteiger partial charge is 0.252 e. The van der Waals surface area contributed by atoms with Crippen LogP contribution in [0.15, 0.2) is 23.1 Å². The average Bonchev–Trinajstić information content (AvgIpc) is 2.96. The van der Waals surface area contributed by atoms with Gasteiger partial charge in [-0.1, -0.05) is 19.3 Å². The van der Waals surface area contributed by atoms with Crippen LogP contribution >= 0.6 is 0 Å². The van der Waals surface area contributed by atoms with Crippen LogP contribution in [0.2, 0.25) is 0 Å². The number of aromatic nitrogens is 3. The molecule has 0 aliphatic heterocycles. The maximum absolute atomic E-state index is 12.7. The quantitative estimate of drug-likeness (QED) is 0.784. The summed E-state index contributed by atoms with van der Waals surface area (Å²) in [5.41, 5.74) is 2.98. The van der Waals surface area contributed by atoms with Gasteiger partial charge in [0.05, 0.1) is 11.3 Å². The number of nitrogens with one attached hydrogen (secondary N) is 1. The Hall–Kier alpha value is -2.90. The van der Waals surface area contributed by atoms with Crippen molar-refractivity contribution in [1.29, 1.82) is 0 Å². The van der Waals surface area contributed by atoms with E-state index in [1.807, 2.05) is 20.9 Å². The summed E-state index contributed by atoms with van der Waals surface area (Å²) in [6.07, 6.45) is 6.92. The van der Waals surface area contributed by atoms with E-state index in [2.05, 4.69) is 10.4 Å². The average molecular weight is 414 g/mol. The minimum absolute atomic E-state index is 0.113. The molecule has 1 aliphatic rings. The van der Waals surface area contributed by atoms with Gasteiger partial charge in [-0.25, -0.2) is 0 Å². The monoisotopic (exact) mass is 413 g/mol. The summed E-state index contributed by atoms with van der Waals surface area (Å²) >= 11 is 0. The molecule has 1 aliphatic carbocycles. The first kappa shape index (κ1) is 21.8. The molecular formula is C22H31N5O3. The lowest BCUT2D eigenvalue weighted by Gasteiger charge is -2.23. The number of likely N-dealkylation sites (N-methyl/N-ethyl adjacent to an activating group) is 1. The van der Waals surface area contributed by atoms with Gasteiger partial charge in [0.25, 0.3) is 11.5 Å². The van der Waals surface area contributed by atoms with Crippen molar-refractivity contribution < 1.29 is 9.59 Å². The summed E-state index contributed by atoms with van der Waals surface area (Å²) < 4.78 is 3.10. The van der Waals surface area contributed by atoms with Gasteiger partial charge in [0, 0.05) is 50.2 Å². The first-order valence-corrected chi connectivity index (χ1v) is 10.5. The molecule has 3 rings (SSSR count). The Morgan fingerprint density at radius 3 is 2.53 bits per heavy atom. The Bertz CT molecular complexity index is 985. The molecule has 0 radical (unpaired) electrons. The van der Waals surface area contributed by atoms with Crippen molar-refractivity contribution in [2.45, 2.75) is 65.1 Å². The van der Waals surface area contributed by atoms with Gasteiger partial charge in [-0.05, 0) is 32.8 Å². The lowest BCUT2D eigenvalue weighted by Crippen LogP contribution is -2.37. The maximum atomic E-state index is 12.7. The van der Waals surface area contributed by atoms with E-state index in [9.17, 15) is 14.4 Å². The maximum Gasteiger partial charge on any atom is 0.252 e. The fourth-order valence-electron chi connectivity index (χ4n) is 3.94. The lowest BCUT2D eigenvalue weighted by molar-refractivity contribution is -0.131. The third-order valence-corrected chi connectivity index (χ3v) is 5.97. The summed E-state index contributed by atoms with van der Waals surface area (Å²) in [6.45, 7) is 4.19. The number of aryl methyl sites for hydroxylation is 2. The molecule has 2 aromatic heterocycles. The van der Waals surface area contributed by atoms with Crippen LogP contribution in [-0.4, -0.2) is 44.2 Å². The third kappa shape index (κ3) is 4.98. The summed E-state index contributed by atoms with van der Waals surface area (Å²) in [4.78, 5) is 39.2. The van der Waals surface area contributed by atoms with Gasteiger partial charge in [0.1, 0.15) is 6.54 Å². The second-order valence-electron chi connectivity index (χ2n) is 8.22. The molecule has 0 aromatic carbocycles. The molecule has 8 heteroatoms. The molecule has 2 heterocycles. The van der Waals surface area contributed by atoms with Crippen LogP contribution in [-0.2, 0) is 24.9 Å². The topological polar surface area (TPSA) is 89.2 Å². The fourth-order valence-corrected chi connectivity index (χ4v) is 3.94. The van der Waals surface area contributed by atoms with Gasteiger partial charge in [-0.2, -0.15) is 5.10 Å². The number of hydrogen-bond donors (Lipinski definition) is 1. The first-order valence-electron chi connectivity index (χ1n) is 10.5. The van der Waals surface area contributed by atoms with E-state index < -0.39 is 0 Å². The minimum Gasteiger partial charge on any atom is -0.349 e. The van der Waals surface area contributed by atoms with Crippen LogP contribution < -0.4 is 10.9 Å². The van der Waals surface area contributed by atoms with E-state index in [1.54, 1.807) is 16.6 Å². The summed E-state index contributed by atoms with van der Waals surface area (Å²) in [7, 11) is 3.58. The number of pyridine rings is 1. The molecule has 30 heavy (non-hydrogen) atoms. The van der Waals surface area contributed by atoms with E-state index >= 15 is 0 Å². The Kier molecular flexibility index (Phi) is 6.74. The standard InChI is InChI=1S/C22H31N5O3/c1-15-19(16(2)26(4)24-15)13-25(3)21(29)14-27-12-17(10-11-20(27)28)22(30)23-18-8-6-5-7-9-18/h10-12,18H,5-9,13-14H2,1-4H3,(H,23,30). The fraction of sp³-hybridized carbons (Fsp3) is 0.545. The second-order valence-corrected chi connectivity index (χ2v) is 8.22. The van der Waals surface area contributed by atoms with Crippen LogP contribution in [0.4, 0.5) is 0 Å². The highest BCUT2D eigenvalue weighted by atomic mass is 16.2. The molecule has 1 fully saturated rings. The van der Waals surface area contributed by atoms with Gasteiger partial charge in [-0.15, -0.1) is 0 Å². The summed E-state index contributed by atoms with van der Waals surface area (Å²) in [5.74, 6) is -0.400. The first-order chi connectivity index (χ1) is 14.3. The molecule has 162 valence electrons. The number of carbonyl (C=O) groups is 2. The van der Waals surface area contributed by atoms with E-state index in [1.165, 1.54) is 29.3 Å². The van der Waals surface area contributed by atoms with Crippen molar-refractivity contribution in [3.8, 4) is 0 Å². The highest BCUT2D eigenvalue weighted by molar-refractivity contribution is 5.94. The number of amides is 2. The molecule has 1 saturated carbocycles. The van der Waals surface area contributed by atoms with Crippen molar-refractivity contribution in [2.24, 2.45) is 7.05 Å². The summed E-state index contributed by atoms with van der Waals surface area (Å²) in [6, 6.07) is 3.05. The van der Waals surface area contributed by atoms with Crippen LogP contribution in [0.1, 0.15) is 59.4 Å². The molecule has 8 nitrogen and oxygen atoms in total. The largest absolute Gasteiger partial charge is 0.349 e. The molecular weight excluding hydrogens is 382 g/mol. The third-order valence-electron chi connectivity index (χ3n) is 5.97. The molecule has 0 bridgehead atoms. The van der Waals surface area contributed by atoms with Crippen LogP contribution in [0, 0.1) is 13.8 Å². The van der Waals surface area contributed by atoms with E-state index in [4.69, 9.17) is 0 Å². The molecule has 2 amide bonds. The zero-order valence-corrected chi connectivity index (χ0v) is 18.3. The van der Waals surface area contributed by atoms with Crippen molar-refractivity contribution in [3.63, 3.8) is 0 Å². The molecule has 0 saturated heterocycles. The van der Waals surface area contributed by atoms with Gasteiger partial charge in [-0.3, -0.25) is 19.1 Å². The SMILES string of the molecule is Cc1nn(C)c(C)c1CN(C)C(=O)Cn1cc(C(=O)NC2CCCCC2)ccc1=O. The predicted octanol–water partition coefficient (Wildman–Crippen LogP) is 1.92. The van der Waals surface area contributed by atoms with Crippen LogP contribution in [0.5, 0.6) is 0 Å². The van der Waals surface area contributed by atoms with Crippen molar-refractivity contribution in [1.82, 2.24) is 24.6 Å². The number of nitrogens with zero attached hydrogens (tertiary/aromatic N) is 4. The Labute approximate surface area is 176 Å². The zero-order valence-electron chi connectivity index (χ0n) is 18.3. The van der Waals surface area contributed by atoms with Gasteiger partial charge in [0.15, 0.2) is 0 Å². The number of carbonyl (C=O) groups excluding carboxylic acids is 2. The van der Waals surface area contributed by atoms with E-state index in [0.29, 0.717) is 12.1 Å². The Morgan fingerprint density at radius 2 is 1.90 bits per heavy atom. The van der Waals surface area contributed by atoms with E-state index in [-0.39, 0.29) is 30.0 Å². The van der Waals surface area contributed by atoms with E-state index in [0.717, 1.165) is 42.6 Å². The van der Waals surface area contributed by atoms with Crippen LogP contribution in [0.25, 0.3) is 0 Å². The number of rotatable bonds is 6. The normalized spacial score (nSPS) is 14.5.